The van der Waals surface area contributed by atoms with Crippen LogP contribution in [-0.4, -0.2) is 35.0 Å². The van der Waals surface area contributed by atoms with E-state index in [1.165, 1.54) is 25.1 Å². The molecule has 6 nitrogen and oxygen atoms in total. The van der Waals surface area contributed by atoms with Gasteiger partial charge in [-0.2, -0.15) is 0 Å². The molecule has 1 N–H and O–H groups in total. The van der Waals surface area contributed by atoms with Crippen LogP contribution in [-0.2, 0) is 10.5 Å². The van der Waals surface area contributed by atoms with Gasteiger partial charge in [-0.3, -0.25) is 4.79 Å². The Morgan fingerprint density at radius 1 is 1.33 bits per heavy atom. The Kier molecular flexibility index (Phi) is 6.34. The highest BCUT2D eigenvalue weighted by molar-refractivity contribution is 7.98. The molecule has 1 aliphatic rings. The van der Waals surface area contributed by atoms with E-state index in [9.17, 15) is 9.59 Å². The first-order valence-electron chi connectivity index (χ1n) is 8.83. The number of benzene rings is 1. The summed E-state index contributed by atoms with van der Waals surface area (Å²) in [5, 5.41) is 3.66. The van der Waals surface area contributed by atoms with Crippen LogP contribution in [0.3, 0.4) is 0 Å². The first-order valence-corrected chi connectivity index (χ1v) is 9.81. The van der Waals surface area contributed by atoms with Crippen molar-refractivity contribution in [2.75, 3.05) is 7.11 Å². The molecule has 1 aromatic heterocycles. The Morgan fingerprint density at radius 2 is 2.11 bits per heavy atom. The zero-order valence-corrected chi connectivity index (χ0v) is 16.2. The van der Waals surface area contributed by atoms with Gasteiger partial charge in [0.1, 0.15) is 6.42 Å². The van der Waals surface area contributed by atoms with E-state index in [0.29, 0.717) is 27.7 Å². The molecule has 1 amide bonds. The van der Waals surface area contributed by atoms with Crippen LogP contribution in [0.1, 0.15) is 51.2 Å². The highest BCUT2D eigenvalue weighted by atomic mass is 32.2. The number of ether oxygens (including phenoxy) is 1. The van der Waals surface area contributed by atoms with Crippen molar-refractivity contribution in [1.29, 1.82) is 0 Å². The number of carbonyl (C=O) groups is 2. The van der Waals surface area contributed by atoms with E-state index in [-0.39, 0.29) is 11.9 Å². The molecule has 140 valence electrons. The summed E-state index contributed by atoms with van der Waals surface area (Å²) in [5.41, 5.74) is 2.71. The van der Waals surface area contributed by atoms with E-state index in [0.717, 1.165) is 24.8 Å². The number of hydrogen-bond acceptors (Lipinski definition) is 6. The summed E-state index contributed by atoms with van der Waals surface area (Å²) < 4.78 is 4.70. The number of amides is 1. The van der Waals surface area contributed by atoms with E-state index in [1.807, 2.05) is 24.3 Å². The predicted octanol–water partition coefficient (Wildman–Crippen LogP) is 3.35. The van der Waals surface area contributed by atoms with Crippen molar-refractivity contribution in [3.05, 3.63) is 59.3 Å². The van der Waals surface area contributed by atoms with Crippen molar-refractivity contribution in [2.24, 2.45) is 0 Å². The molecule has 0 aliphatic heterocycles. The molecular formula is C20H22N3O3S+. The molecular weight excluding hydrogens is 362 g/mol. The van der Waals surface area contributed by atoms with E-state index in [2.05, 4.69) is 21.7 Å². The van der Waals surface area contributed by atoms with Gasteiger partial charge in [0, 0.05) is 23.9 Å². The molecule has 7 heteroatoms. The summed E-state index contributed by atoms with van der Waals surface area (Å²) in [7, 11) is 1.33. The van der Waals surface area contributed by atoms with Crippen LogP contribution in [0.5, 0.6) is 0 Å². The molecule has 2 aromatic rings. The van der Waals surface area contributed by atoms with Crippen molar-refractivity contribution in [1.82, 2.24) is 15.3 Å². The molecule has 0 radical (unpaired) electrons. The number of aryl methyl sites for hydroxylation is 1. The molecule has 1 fully saturated rings. The minimum Gasteiger partial charge on any atom is -0.465 e. The maximum atomic E-state index is 12.3. The summed E-state index contributed by atoms with van der Waals surface area (Å²) in [4.78, 5) is 32.4. The normalized spacial score (nSPS) is 15.9. The second-order valence-corrected chi connectivity index (χ2v) is 7.34. The average Bonchev–Trinajstić information content (AvgIpc) is 3.19. The van der Waals surface area contributed by atoms with Crippen LogP contribution in [0.4, 0.5) is 0 Å². The quantitative estimate of drug-likeness (QED) is 0.356. The Bertz CT molecular complexity index is 818. The first kappa shape index (κ1) is 19.2. The largest absolute Gasteiger partial charge is 0.465 e. The summed E-state index contributed by atoms with van der Waals surface area (Å²) in [6, 6.07) is 7.84. The van der Waals surface area contributed by atoms with Gasteiger partial charge in [0.2, 0.25) is 0 Å². The number of esters is 1. The summed E-state index contributed by atoms with van der Waals surface area (Å²) in [6.07, 6.45) is 6.75. The highest BCUT2D eigenvalue weighted by Crippen LogP contribution is 2.21. The Morgan fingerprint density at radius 3 is 2.74 bits per heavy atom. The Balaban J connectivity index is 1.56. The third-order valence-corrected chi connectivity index (χ3v) is 5.38. The lowest BCUT2D eigenvalue weighted by Crippen LogP contribution is -2.32. The van der Waals surface area contributed by atoms with Gasteiger partial charge < -0.3 is 10.1 Å². The zero-order chi connectivity index (χ0) is 19.2. The number of hydrogen-bond donors (Lipinski definition) is 1. The molecule has 0 spiro atoms. The monoisotopic (exact) mass is 384 g/mol. The maximum Gasteiger partial charge on any atom is 0.341 e. The van der Waals surface area contributed by atoms with Gasteiger partial charge in [0.05, 0.1) is 37.3 Å². The predicted molar refractivity (Wildman–Crippen MR) is 104 cm³/mol. The topological polar surface area (TPSA) is 81.2 Å². The minimum atomic E-state index is -0.437. The van der Waals surface area contributed by atoms with Crippen LogP contribution in [0, 0.1) is 13.3 Å². The Labute approximate surface area is 163 Å². The van der Waals surface area contributed by atoms with Gasteiger partial charge in [0.15, 0.2) is 5.16 Å². The molecule has 1 heterocycles. The summed E-state index contributed by atoms with van der Waals surface area (Å²) in [6.45, 7) is 1.76. The van der Waals surface area contributed by atoms with Crippen LogP contribution in [0.15, 0.2) is 35.6 Å². The SMILES string of the molecule is COC(=O)c1cnc(SCc2ccc(C(=O)NC3C[CH+]CC3)cc2)nc1C. The Hall–Kier alpha value is -2.54. The fourth-order valence-corrected chi connectivity index (χ4v) is 3.70. The van der Waals surface area contributed by atoms with E-state index < -0.39 is 5.97 Å². The van der Waals surface area contributed by atoms with Crippen molar-refractivity contribution in [3.8, 4) is 0 Å². The standard InChI is InChI=1S/C20H21N3O3S/c1-13-17(19(25)26-2)11-21-20(22-13)27-12-14-7-9-15(10-8-14)18(24)23-16-5-3-4-6-16/h3,7-11,16H,4-6,12H2,1-2H3/p+1. The second kappa shape index (κ2) is 8.90. The van der Waals surface area contributed by atoms with Crippen molar-refractivity contribution < 1.29 is 14.3 Å². The van der Waals surface area contributed by atoms with Crippen molar-refractivity contribution in [3.63, 3.8) is 0 Å². The number of methoxy groups -OCH3 is 1. The first-order chi connectivity index (χ1) is 13.1. The zero-order valence-electron chi connectivity index (χ0n) is 15.4. The second-order valence-electron chi connectivity index (χ2n) is 6.40. The number of nitrogens with one attached hydrogen (secondary N) is 1. The fraction of sp³-hybridized carbons (Fsp3) is 0.350. The van der Waals surface area contributed by atoms with Gasteiger partial charge in [-0.1, -0.05) is 23.9 Å². The van der Waals surface area contributed by atoms with Crippen LogP contribution >= 0.6 is 11.8 Å². The van der Waals surface area contributed by atoms with Gasteiger partial charge in [-0.15, -0.1) is 0 Å². The number of aromatic nitrogens is 2. The summed E-state index contributed by atoms with van der Waals surface area (Å²) >= 11 is 1.48. The van der Waals surface area contributed by atoms with Crippen molar-refractivity contribution >= 4 is 23.6 Å². The van der Waals surface area contributed by atoms with Crippen LogP contribution in [0.2, 0.25) is 0 Å². The smallest absolute Gasteiger partial charge is 0.341 e. The molecule has 1 atom stereocenters. The summed E-state index contributed by atoms with van der Waals surface area (Å²) in [5.74, 6) is 0.219. The van der Waals surface area contributed by atoms with E-state index in [1.54, 1.807) is 6.92 Å². The molecule has 1 saturated carbocycles. The van der Waals surface area contributed by atoms with Gasteiger partial charge >= 0.3 is 5.97 Å². The third-order valence-electron chi connectivity index (χ3n) is 4.45. The minimum absolute atomic E-state index is 0.0214. The van der Waals surface area contributed by atoms with Gasteiger partial charge in [0.25, 0.3) is 5.91 Å². The number of thioether (sulfide) groups is 1. The highest BCUT2D eigenvalue weighted by Gasteiger charge is 2.24. The molecule has 0 saturated heterocycles. The van der Waals surface area contributed by atoms with Gasteiger partial charge in [-0.05, 0) is 24.6 Å². The third kappa shape index (κ3) is 5.01. The molecule has 0 bridgehead atoms. The molecule has 3 rings (SSSR count). The van der Waals surface area contributed by atoms with Crippen LogP contribution < -0.4 is 5.32 Å². The van der Waals surface area contributed by atoms with Crippen molar-refractivity contribution in [2.45, 2.75) is 43.1 Å². The number of rotatable bonds is 6. The molecule has 1 aliphatic carbocycles. The van der Waals surface area contributed by atoms with Crippen LogP contribution in [0.25, 0.3) is 0 Å². The van der Waals surface area contributed by atoms with Gasteiger partial charge in [-0.25, -0.2) is 14.8 Å². The number of carbonyl (C=O) groups excluding carboxylic acids is 2. The molecule has 1 unspecified atom stereocenters. The maximum absolute atomic E-state index is 12.3. The lowest BCUT2D eigenvalue weighted by molar-refractivity contribution is 0.0598. The molecule has 1 aromatic carbocycles. The molecule has 27 heavy (non-hydrogen) atoms. The lowest BCUT2D eigenvalue weighted by atomic mass is 10.1. The fourth-order valence-electron chi connectivity index (χ4n) is 2.88. The van der Waals surface area contributed by atoms with E-state index >= 15 is 0 Å². The average molecular weight is 384 g/mol. The number of nitrogens with zero attached hydrogens (tertiary/aromatic N) is 2. The lowest BCUT2D eigenvalue weighted by Gasteiger charge is -2.09. The van der Waals surface area contributed by atoms with E-state index in [4.69, 9.17) is 4.74 Å².